The second-order valence-electron chi connectivity index (χ2n) is 4.94. The van der Waals surface area contributed by atoms with E-state index in [0.717, 1.165) is 29.7 Å². The summed E-state index contributed by atoms with van der Waals surface area (Å²) >= 11 is 3.38. The summed E-state index contributed by atoms with van der Waals surface area (Å²) in [5.74, 6) is 0.775. The lowest BCUT2D eigenvalue weighted by atomic mass is 10.1. The minimum Gasteiger partial charge on any atom is -0.487 e. The summed E-state index contributed by atoms with van der Waals surface area (Å²) in [5.41, 5.74) is 2.52. The third-order valence-corrected chi connectivity index (χ3v) is 3.56. The van der Waals surface area contributed by atoms with Crippen LogP contribution in [0.1, 0.15) is 24.5 Å². The quantitative estimate of drug-likeness (QED) is 0.733. The summed E-state index contributed by atoms with van der Waals surface area (Å²) in [6.45, 7) is 4.87. The lowest BCUT2D eigenvalue weighted by Crippen LogP contribution is -2.17. The van der Waals surface area contributed by atoms with E-state index in [1.54, 1.807) is 12.4 Å². The van der Waals surface area contributed by atoms with Crippen LogP contribution in [0.2, 0.25) is 0 Å². The SMILES string of the molecule is CCCNCCc1ccc(COc2cncc(Br)c2)cc1. The maximum absolute atomic E-state index is 5.72. The van der Waals surface area contributed by atoms with E-state index in [1.165, 1.54) is 17.5 Å². The van der Waals surface area contributed by atoms with E-state index in [1.807, 2.05) is 6.07 Å². The van der Waals surface area contributed by atoms with Crippen LogP contribution in [-0.4, -0.2) is 18.1 Å². The van der Waals surface area contributed by atoms with Gasteiger partial charge in [-0.05, 0) is 59.1 Å². The first-order valence-electron chi connectivity index (χ1n) is 7.30. The number of halogens is 1. The molecule has 0 unspecified atom stereocenters. The summed E-state index contributed by atoms with van der Waals surface area (Å²) in [6.07, 6.45) is 5.71. The molecule has 21 heavy (non-hydrogen) atoms. The van der Waals surface area contributed by atoms with Crippen LogP contribution in [0.3, 0.4) is 0 Å². The average molecular weight is 349 g/mol. The molecule has 4 heteroatoms. The van der Waals surface area contributed by atoms with Gasteiger partial charge in [0.25, 0.3) is 0 Å². The fourth-order valence-corrected chi connectivity index (χ4v) is 2.32. The molecular formula is C17H21BrN2O. The molecule has 0 saturated carbocycles. The van der Waals surface area contributed by atoms with Crippen LogP contribution in [-0.2, 0) is 13.0 Å². The molecule has 2 rings (SSSR count). The Bertz CT molecular complexity index is 543. The van der Waals surface area contributed by atoms with Gasteiger partial charge in [0, 0.05) is 10.7 Å². The number of benzene rings is 1. The lowest BCUT2D eigenvalue weighted by Gasteiger charge is -2.07. The van der Waals surface area contributed by atoms with Crippen molar-refractivity contribution in [3.8, 4) is 5.75 Å². The molecule has 0 saturated heterocycles. The molecule has 0 aliphatic heterocycles. The molecule has 0 bridgehead atoms. The number of aromatic nitrogens is 1. The van der Waals surface area contributed by atoms with Gasteiger partial charge < -0.3 is 10.1 Å². The third kappa shape index (κ3) is 5.86. The molecule has 0 aliphatic rings. The maximum atomic E-state index is 5.72. The molecule has 0 amide bonds. The van der Waals surface area contributed by atoms with Crippen molar-refractivity contribution in [2.75, 3.05) is 13.1 Å². The van der Waals surface area contributed by atoms with E-state index in [4.69, 9.17) is 4.74 Å². The molecule has 1 aromatic heterocycles. The summed E-state index contributed by atoms with van der Waals surface area (Å²) < 4.78 is 6.65. The standard InChI is InChI=1S/C17H21BrN2O/c1-2-8-19-9-7-14-3-5-15(6-4-14)13-21-17-10-16(18)11-20-12-17/h3-6,10-12,19H,2,7-9,13H2,1H3. The van der Waals surface area contributed by atoms with Gasteiger partial charge in [0.15, 0.2) is 0 Å². The minimum absolute atomic E-state index is 0.562. The normalized spacial score (nSPS) is 10.6. The van der Waals surface area contributed by atoms with Crippen molar-refractivity contribution in [2.24, 2.45) is 0 Å². The van der Waals surface area contributed by atoms with Gasteiger partial charge in [-0.15, -0.1) is 0 Å². The zero-order valence-electron chi connectivity index (χ0n) is 12.3. The Labute approximate surface area is 134 Å². The highest BCUT2D eigenvalue weighted by Gasteiger charge is 1.99. The van der Waals surface area contributed by atoms with Gasteiger partial charge in [0.1, 0.15) is 12.4 Å². The highest BCUT2D eigenvalue weighted by Crippen LogP contribution is 2.17. The molecule has 1 N–H and O–H groups in total. The highest BCUT2D eigenvalue weighted by molar-refractivity contribution is 9.10. The van der Waals surface area contributed by atoms with Crippen molar-refractivity contribution in [2.45, 2.75) is 26.4 Å². The second-order valence-corrected chi connectivity index (χ2v) is 5.86. The number of hydrogen-bond acceptors (Lipinski definition) is 3. The van der Waals surface area contributed by atoms with Crippen LogP contribution in [0.4, 0.5) is 0 Å². The first kappa shape index (κ1) is 16.0. The fraction of sp³-hybridized carbons (Fsp3) is 0.353. The second kappa shape index (κ2) is 8.80. The molecule has 0 radical (unpaired) electrons. The van der Waals surface area contributed by atoms with Crippen molar-refractivity contribution in [3.63, 3.8) is 0 Å². The molecule has 0 atom stereocenters. The molecule has 2 aromatic rings. The van der Waals surface area contributed by atoms with E-state index in [2.05, 4.69) is 57.4 Å². The van der Waals surface area contributed by atoms with Gasteiger partial charge >= 0.3 is 0 Å². The first-order chi connectivity index (χ1) is 10.3. The van der Waals surface area contributed by atoms with Crippen LogP contribution in [0.15, 0.2) is 47.2 Å². The Kier molecular flexibility index (Phi) is 6.70. The monoisotopic (exact) mass is 348 g/mol. The van der Waals surface area contributed by atoms with Gasteiger partial charge in [-0.25, -0.2) is 0 Å². The third-order valence-electron chi connectivity index (χ3n) is 3.13. The van der Waals surface area contributed by atoms with Gasteiger partial charge in [0.05, 0.1) is 6.20 Å². The molecular weight excluding hydrogens is 328 g/mol. The van der Waals surface area contributed by atoms with Crippen LogP contribution in [0.5, 0.6) is 5.75 Å². The topological polar surface area (TPSA) is 34.1 Å². The van der Waals surface area contributed by atoms with Gasteiger partial charge in [-0.1, -0.05) is 31.2 Å². The summed E-state index contributed by atoms with van der Waals surface area (Å²) in [7, 11) is 0. The van der Waals surface area contributed by atoms with Gasteiger partial charge in [-0.2, -0.15) is 0 Å². The largest absolute Gasteiger partial charge is 0.487 e. The Hall–Kier alpha value is -1.39. The van der Waals surface area contributed by atoms with Crippen molar-refractivity contribution >= 4 is 15.9 Å². The van der Waals surface area contributed by atoms with Gasteiger partial charge in [0.2, 0.25) is 0 Å². The van der Waals surface area contributed by atoms with E-state index >= 15 is 0 Å². The van der Waals surface area contributed by atoms with E-state index in [9.17, 15) is 0 Å². The zero-order chi connectivity index (χ0) is 14.9. The fourth-order valence-electron chi connectivity index (χ4n) is 1.97. The molecule has 0 spiro atoms. The van der Waals surface area contributed by atoms with E-state index in [-0.39, 0.29) is 0 Å². The summed E-state index contributed by atoms with van der Waals surface area (Å²) in [6, 6.07) is 10.5. The predicted octanol–water partition coefficient (Wildman–Crippen LogP) is 3.97. The number of nitrogens with zero attached hydrogens (tertiary/aromatic N) is 1. The van der Waals surface area contributed by atoms with Crippen LogP contribution < -0.4 is 10.1 Å². The number of pyridine rings is 1. The number of hydrogen-bond donors (Lipinski definition) is 1. The first-order valence-corrected chi connectivity index (χ1v) is 8.09. The summed E-state index contributed by atoms with van der Waals surface area (Å²) in [5, 5.41) is 3.41. The average Bonchev–Trinajstić information content (AvgIpc) is 2.51. The van der Waals surface area contributed by atoms with Crippen LogP contribution in [0.25, 0.3) is 0 Å². The Morgan fingerprint density at radius 1 is 1.10 bits per heavy atom. The number of rotatable bonds is 8. The van der Waals surface area contributed by atoms with Crippen LogP contribution in [0, 0.1) is 0 Å². The molecule has 3 nitrogen and oxygen atoms in total. The van der Waals surface area contributed by atoms with Crippen LogP contribution >= 0.6 is 15.9 Å². The maximum Gasteiger partial charge on any atom is 0.139 e. The van der Waals surface area contributed by atoms with Crippen molar-refractivity contribution in [1.82, 2.24) is 10.3 Å². The van der Waals surface area contributed by atoms with E-state index < -0.39 is 0 Å². The Morgan fingerprint density at radius 3 is 2.57 bits per heavy atom. The molecule has 1 heterocycles. The molecule has 112 valence electrons. The summed E-state index contributed by atoms with van der Waals surface area (Å²) in [4.78, 5) is 4.08. The number of nitrogens with one attached hydrogen (secondary N) is 1. The molecule has 0 aliphatic carbocycles. The van der Waals surface area contributed by atoms with Crippen molar-refractivity contribution in [1.29, 1.82) is 0 Å². The van der Waals surface area contributed by atoms with E-state index in [0.29, 0.717) is 6.61 Å². The lowest BCUT2D eigenvalue weighted by molar-refractivity contribution is 0.304. The van der Waals surface area contributed by atoms with Crippen molar-refractivity contribution in [3.05, 3.63) is 58.3 Å². The Morgan fingerprint density at radius 2 is 1.86 bits per heavy atom. The number of ether oxygens (including phenoxy) is 1. The molecule has 1 aromatic carbocycles. The van der Waals surface area contributed by atoms with Gasteiger partial charge in [-0.3, -0.25) is 4.98 Å². The molecule has 0 fully saturated rings. The van der Waals surface area contributed by atoms with Crippen molar-refractivity contribution < 1.29 is 4.74 Å². The minimum atomic E-state index is 0.562. The zero-order valence-corrected chi connectivity index (χ0v) is 13.9. The smallest absolute Gasteiger partial charge is 0.139 e. The predicted molar refractivity (Wildman–Crippen MR) is 89.6 cm³/mol. The Balaban J connectivity index is 1.79. The highest BCUT2D eigenvalue weighted by atomic mass is 79.9.